The Bertz CT molecular complexity index is 947. The van der Waals surface area contributed by atoms with E-state index in [1.807, 2.05) is 53.9 Å². The topological polar surface area (TPSA) is 42.0 Å². The van der Waals surface area contributed by atoms with Crippen molar-refractivity contribution in [2.45, 2.75) is 32.1 Å². The number of carbonyl (C=O) groups is 1. The third-order valence-electron chi connectivity index (χ3n) is 5.01. The van der Waals surface area contributed by atoms with Gasteiger partial charge in [0.1, 0.15) is 5.01 Å². The van der Waals surface area contributed by atoms with Gasteiger partial charge in [-0.3, -0.25) is 4.79 Å². The number of aromatic nitrogens is 1. The molecule has 1 aliphatic carbocycles. The van der Waals surface area contributed by atoms with Gasteiger partial charge in [0.2, 0.25) is 5.91 Å². The number of hydrogen-bond acceptors (Lipinski definition) is 3. The van der Waals surface area contributed by atoms with E-state index in [-0.39, 0.29) is 11.8 Å². The summed E-state index contributed by atoms with van der Waals surface area (Å²) in [5.74, 6) is 0.287. The highest BCUT2D eigenvalue weighted by molar-refractivity contribution is 7.13. The molecule has 5 heteroatoms. The zero-order valence-corrected chi connectivity index (χ0v) is 16.5. The van der Waals surface area contributed by atoms with E-state index in [1.54, 1.807) is 11.3 Å². The van der Waals surface area contributed by atoms with Crippen molar-refractivity contribution in [3.63, 3.8) is 0 Å². The fourth-order valence-corrected chi connectivity index (χ4v) is 4.68. The summed E-state index contributed by atoms with van der Waals surface area (Å²) in [6.45, 7) is 0. The number of benzene rings is 2. The van der Waals surface area contributed by atoms with Gasteiger partial charge in [0.05, 0.1) is 10.7 Å². The number of rotatable bonds is 4. The summed E-state index contributed by atoms with van der Waals surface area (Å²) in [5.41, 5.74) is 3.65. The lowest BCUT2D eigenvalue weighted by Crippen LogP contribution is -2.24. The molecule has 2 aromatic carbocycles. The number of carbonyl (C=O) groups excluding carboxylic acids is 1. The first-order valence-corrected chi connectivity index (χ1v) is 10.6. The molecule has 0 radical (unpaired) electrons. The molecule has 1 saturated carbocycles. The van der Waals surface area contributed by atoms with Crippen molar-refractivity contribution >= 4 is 34.5 Å². The van der Waals surface area contributed by atoms with Gasteiger partial charge in [-0.25, -0.2) is 4.98 Å². The van der Waals surface area contributed by atoms with Crippen molar-refractivity contribution in [3.8, 4) is 21.8 Å². The first kappa shape index (κ1) is 18.2. The lowest BCUT2D eigenvalue weighted by molar-refractivity contribution is -0.120. The summed E-state index contributed by atoms with van der Waals surface area (Å²) >= 11 is 7.86. The molecule has 4 rings (SSSR count). The minimum absolute atomic E-state index is 0.141. The molecule has 1 amide bonds. The minimum Gasteiger partial charge on any atom is -0.326 e. The Morgan fingerprint density at radius 3 is 2.70 bits per heavy atom. The van der Waals surface area contributed by atoms with Gasteiger partial charge in [0.25, 0.3) is 0 Å². The molecular formula is C22H21ClN2OS. The first-order chi connectivity index (χ1) is 13.2. The van der Waals surface area contributed by atoms with Crippen LogP contribution in [0.15, 0.2) is 53.9 Å². The zero-order valence-electron chi connectivity index (χ0n) is 15.0. The Morgan fingerprint density at radius 2 is 1.89 bits per heavy atom. The molecule has 0 saturated heterocycles. The van der Waals surface area contributed by atoms with Crippen LogP contribution in [-0.2, 0) is 4.79 Å². The molecule has 1 fully saturated rings. The van der Waals surface area contributed by atoms with E-state index in [0.29, 0.717) is 5.02 Å². The molecule has 0 aliphatic heterocycles. The van der Waals surface area contributed by atoms with Gasteiger partial charge in [0.15, 0.2) is 0 Å². The third kappa shape index (κ3) is 4.23. The van der Waals surface area contributed by atoms with Crippen LogP contribution in [-0.4, -0.2) is 10.9 Å². The van der Waals surface area contributed by atoms with Crippen molar-refractivity contribution in [2.75, 3.05) is 5.32 Å². The number of anilines is 1. The van der Waals surface area contributed by atoms with Gasteiger partial charge >= 0.3 is 0 Å². The largest absolute Gasteiger partial charge is 0.326 e. The van der Waals surface area contributed by atoms with Crippen LogP contribution in [0.5, 0.6) is 0 Å². The monoisotopic (exact) mass is 396 g/mol. The number of nitrogens with one attached hydrogen (secondary N) is 1. The normalized spacial score (nSPS) is 14.9. The highest BCUT2D eigenvalue weighted by Gasteiger charge is 2.21. The maximum absolute atomic E-state index is 12.5. The summed E-state index contributed by atoms with van der Waals surface area (Å²) in [5, 5.41) is 6.71. The Morgan fingerprint density at radius 1 is 1.07 bits per heavy atom. The van der Waals surface area contributed by atoms with Gasteiger partial charge in [-0.2, -0.15) is 0 Å². The summed E-state index contributed by atoms with van der Waals surface area (Å²) in [6, 6.07) is 15.6. The predicted molar refractivity (Wildman–Crippen MR) is 113 cm³/mol. The van der Waals surface area contributed by atoms with Gasteiger partial charge < -0.3 is 5.32 Å². The van der Waals surface area contributed by atoms with Crippen molar-refractivity contribution in [1.82, 2.24) is 4.98 Å². The highest BCUT2D eigenvalue weighted by atomic mass is 35.5. The van der Waals surface area contributed by atoms with E-state index in [1.165, 1.54) is 6.42 Å². The number of amides is 1. The van der Waals surface area contributed by atoms with E-state index >= 15 is 0 Å². The second-order valence-electron chi connectivity index (χ2n) is 6.92. The first-order valence-electron chi connectivity index (χ1n) is 9.32. The van der Waals surface area contributed by atoms with E-state index < -0.39 is 0 Å². The van der Waals surface area contributed by atoms with Crippen LogP contribution in [0, 0.1) is 5.92 Å². The van der Waals surface area contributed by atoms with Crippen LogP contribution in [0.4, 0.5) is 5.69 Å². The lowest BCUT2D eigenvalue weighted by atomic mass is 9.88. The summed E-state index contributed by atoms with van der Waals surface area (Å²) < 4.78 is 0. The molecule has 1 aromatic heterocycles. The molecule has 3 aromatic rings. The van der Waals surface area contributed by atoms with E-state index in [4.69, 9.17) is 16.6 Å². The standard InChI is InChI=1S/C22H21ClN2OS/c23-19-12-5-4-11-18(19)22-25-20(14-27-22)16-9-6-10-17(13-16)24-21(26)15-7-2-1-3-8-15/h4-6,9-15H,1-3,7-8H2,(H,24,26). The Kier molecular flexibility index (Phi) is 5.55. The number of halogens is 1. The molecule has 1 heterocycles. The fourth-order valence-electron chi connectivity index (χ4n) is 3.53. The predicted octanol–water partition coefficient (Wildman–Crippen LogP) is 6.65. The van der Waals surface area contributed by atoms with Crippen LogP contribution < -0.4 is 5.32 Å². The van der Waals surface area contributed by atoms with Crippen LogP contribution in [0.25, 0.3) is 21.8 Å². The molecule has 3 nitrogen and oxygen atoms in total. The quantitative estimate of drug-likeness (QED) is 0.536. The Labute approximate surface area is 168 Å². The van der Waals surface area contributed by atoms with Crippen molar-refractivity contribution in [2.24, 2.45) is 5.92 Å². The van der Waals surface area contributed by atoms with Crippen LogP contribution >= 0.6 is 22.9 Å². The van der Waals surface area contributed by atoms with Crippen molar-refractivity contribution in [1.29, 1.82) is 0 Å². The van der Waals surface area contributed by atoms with E-state index in [9.17, 15) is 4.79 Å². The van der Waals surface area contributed by atoms with Gasteiger partial charge in [0, 0.05) is 28.1 Å². The van der Waals surface area contributed by atoms with Crippen LogP contribution in [0.1, 0.15) is 32.1 Å². The van der Waals surface area contributed by atoms with Gasteiger partial charge in [-0.1, -0.05) is 61.2 Å². The molecule has 0 unspecified atom stereocenters. The summed E-state index contributed by atoms with van der Waals surface area (Å²) in [7, 11) is 0. The molecule has 0 atom stereocenters. The second-order valence-corrected chi connectivity index (χ2v) is 8.19. The molecule has 0 bridgehead atoms. The number of thiazole rings is 1. The Balaban J connectivity index is 1.53. The molecule has 138 valence electrons. The van der Waals surface area contributed by atoms with Crippen LogP contribution in [0.3, 0.4) is 0 Å². The second kappa shape index (κ2) is 8.24. The van der Waals surface area contributed by atoms with Gasteiger partial charge in [-0.05, 0) is 31.0 Å². The molecular weight excluding hydrogens is 376 g/mol. The fraction of sp³-hybridized carbons (Fsp3) is 0.273. The molecule has 0 spiro atoms. The summed E-state index contributed by atoms with van der Waals surface area (Å²) in [6.07, 6.45) is 5.55. The number of nitrogens with zero attached hydrogens (tertiary/aromatic N) is 1. The van der Waals surface area contributed by atoms with E-state index in [2.05, 4.69) is 5.32 Å². The van der Waals surface area contributed by atoms with E-state index in [0.717, 1.165) is 53.2 Å². The molecule has 27 heavy (non-hydrogen) atoms. The lowest BCUT2D eigenvalue weighted by Gasteiger charge is -2.20. The van der Waals surface area contributed by atoms with Crippen molar-refractivity contribution in [3.05, 3.63) is 58.9 Å². The molecule has 1 aliphatic rings. The maximum atomic E-state index is 12.5. The average molecular weight is 397 g/mol. The van der Waals surface area contributed by atoms with Crippen LogP contribution in [0.2, 0.25) is 5.02 Å². The number of hydrogen-bond donors (Lipinski definition) is 1. The minimum atomic E-state index is 0.141. The average Bonchev–Trinajstić information content (AvgIpc) is 3.19. The van der Waals surface area contributed by atoms with Gasteiger partial charge in [-0.15, -0.1) is 11.3 Å². The SMILES string of the molecule is O=C(Nc1cccc(-c2csc(-c3ccccc3Cl)n2)c1)C1CCCCC1. The maximum Gasteiger partial charge on any atom is 0.227 e. The summed E-state index contributed by atoms with van der Waals surface area (Å²) in [4.78, 5) is 17.2. The third-order valence-corrected chi connectivity index (χ3v) is 6.22. The Hall–Kier alpha value is -2.17. The van der Waals surface area contributed by atoms with Crippen molar-refractivity contribution < 1.29 is 4.79 Å². The zero-order chi connectivity index (χ0) is 18.6. The highest BCUT2D eigenvalue weighted by Crippen LogP contribution is 2.33. The smallest absolute Gasteiger partial charge is 0.227 e. The molecule has 1 N–H and O–H groups in total.